The van der Waals surface area contributed by atoms with E-state index in [2.05, 4.69) is 92.7 Å². The zero-order valence-electron chi connectivity index (χ0n) is 13.6. The highest BCUT2D eigenvalue weighted by Gasteiger charge is 2.26. The number of aryl methyl sites for hydroxylation is 1. The lowest BCUT2D eigenvalue weighted by Crippen LogP contribution is -2.02. The van der Waals surface area contributed by atoms with E-state index in [1.54, 1.807) is 0 Å². The molecule has 3 aromatic carbocycles. The van der Waals surface area contributed by atoms with Gasteiger partial charge in [-0.1, -0.05) is 84.4 Å². The Bertz CT molecular complexity index is 885. The molecule has 0 aliphatic heterocycles. The van der Waals surface area contributed by atoms with Gasteiger partial charge in [-0.25, -0.2) is 0 Å². The normalized spacial score (nSPS) is 16.1. The molecule has 23 heavy (non-hydrogen) atoms. The Balaban J connectivity index is 1.90. The lowest BCUT2D eigenvalue weighted by Gasteiger charge is -2.18. The third-order valence-corrected chi connectivity index (χ3v) is 4.86. The lowest BCUT2D eigenvalue weighted by atomic mass is 9.85. The summed E-state index contributed by atoms with van der Waals surface area (Å²) in [4.78, 5) is 0. The van der Waals surface area contributed by atoms with E-state index in [9.17, 15) is 0 Å². The molecule has 0 heterocycles. The number of fused-ring (bicyclic) bond motifs is 1. The van der Waals surface area contributed by atoms with Gasteiger partial charge in [0, 0.05) is 5.92 Å². The van der Waals surface area contributed by atoms with Crippen molar-refractivity contribution in [3.63, 3.8) is 0 Å². The van der Waals surface area contributed by atoms with Crippen LogP contribution in [-0.4, -0.2) is 0 Å². The number of benzene rings is 3. The van der Waals surface area contributed by atoms with Crippen molar-refractivity contribution in [2.24, 2.45) is 0 Å². The van der Waals surface area contributed by atoms with Crippen molar-refractivity contribution in [1.29, 1.82) is 0 Å². The first-order valence-electron chi connectivity index (χ1n) is 8.18. The van der Waals surface area contributed by atoms with Crippen molar-refractivity contribution in [3.8, 4) is 11.1 Å². The molecule has 0 radical (unpaired) electrons. The SMILES string of the molecule is CC1=Cc2c(-c3ccccc3)cccc2C1c1ccccc1C. The van der Waals surface area contributed by atoms with Gasteiger partial charge in [0.1, 0.15) is 0 Å². The summed E-state index contributed by atoms with van der Waals surface area (Å²) in [5.74, 6) is 0.384. The highest BCUT2D eigenvalue weighted by molar-refractivity contribution is 5.82. The fraction of sp³-hybridized carbons (Fsp3) is 0.130. The van der Waals surface area contributed by atoms with E-state index in [-0.39, 0.29) is 0 Å². The van der Waals surface area contributed by atoms with Gasteiger partial charge < -0.3 is 0 Å². The maximum atomic E-state index is 2.37. The molecule has 0 bridgehead atoms. The van der Waals surface area contributed by atoms with Gasteiger partial charge >= 0.3 is 0 Å². The highest BCUT2D eigenvalue weighted by Crippen LogP contribution is 2.44. The van der Waals surface area contributed by atoms with E-state index in [1.165, 1.54) is 39.0 Å². The molecule has 0 amide bonds. The predicted molar refractivity (Wildman–Crippen MR) is 98.6 cm³/mol. The maximum absolute atomic E-state index is 2.37. The van der Waals surface area contributed by atoms with Crippen molar-refractivity contribution >= 4 is 6.08 Å². The van der Waals surface area contributed by atoms with Crippen LogP contribution in [0.2, 0.25) is 0 Å². The smallest absolute Gasteiger partial charge is 0.0308 e. The van der Waals surface area contributed by atoms with Crippen molar-refractivity contribution in [3.05, 3.63) is 101 Å². The van der Waals surface area contributed by atoms with E-state index in [1.807, 2.05) is 0 Å². The molecule has 0 aromatic heterocycles. The molecule has 1 aliphatic rings. The first-order valence-corrected chi connectivity index (χ1v) is 8.18. The molecule has 3 aromatic rings. The molecule has 0 nitrogen and oxygen atoms in total. The van der Waals surface area contributed by atoms with E-state index in [4.69, 9.17) is 0 Å². The lowest BCUT2D eigenvalue weighted by molar-refractivity contribution is 0.962. The molecule has 4 rings (SSSR count). The minimum atomic E-state index is 0.384. The zero-order chi connectivity index (χ0) is 15.8. The molecule has 0 N–H and O–H groups in total. The van der Waals surface area contributed by atoms with Crippen molar-refractivity contribution in [1.82, 2.24) is 0 Å². The van der Waals surface area contributed by atoms with Crippen LogP contribution in [0, 0.1) is 6.92 Å². The van der Waals surface area contributed by atoms with Crippen LogP contribution in [0.1, 0.15) is 35.1 Å². The average molecular weight is 296 g/mol. The van der Waals surface area contributed by atoms with Crippen LogP contribution in [0.25, 0.3) is 17.2 Å². The molecule has 0 saturated carbocycles. The molecular formula is C23H20. The zero-order valence-corrected chi connectivity index (χ0v) is 13.6. The molecule has 0 saturated heterocycles. The number of hydrogen-bond acceptors (Lipinski definition) is 0. The molecule has 1 aliphatic carbocycles. The topological polar surface area (TPSA) is 0 Å². The van der Waals surface area contributed by atoms with Crippen LogP contribution in [0.15, 0.2) is 78.4 Å². The summed E-state index contributed by atoms with van der Waals surface area (Å²) in [7, 11) is 0. The fourth-order valence-corrected chi connectivity index (χ4v) is 3.75. The van der Waals surface area contributed by atoms with Gasteiger partial charge in [0.15, 0.2) is 0 Å². The van der Waals surface area contributed by atoms with Gasteiger partial charge in [0.05, 0.1) is 0 Å². The van der Waals surface area contributed by atoms with Crippen LogP contribution in [0.5, 0.6) is 0 Å². The minimum absolute atomic E-state index is 0.384. The Kier molecular flexibility index (Phi) is 3.38. The van der Waals surface area contributed by atoms with Crippen LogP contribution in [0.3, 0.4) is 0 Å². The minimum Gasteiger partial charge on any atom is -0.0622 e. The molecule has 112 valence electrons. The van der Waals surface area contributed by atoms with Gasteiger partial charge in [-0.3, -0.25) is 0 Å². The summed E-state index contributed by atoms with van der Waals surface area (Å²) in [6.07, 6.45) is 2.37. The quantitative estimate of drug-likeness (QED) is 0.527. The average Bonchev–Trinajstić information content (AvgIpc) is 2.92. The Morgan fingerprint density at radius 1 is 0.652 bits per heavy atom. The van der Waals surface area contributed by atoms with Crippen LogP contribution in [0.4, 0.5) is 0 Å². The van der Waals surface area contributed by atoms with E-state index in [0.29, 0.717) is 5.92 Å². The van der Waals surface area contributed by atoms with E-state index < -0.39 is 0 Å². The van der Waals surface area contributed by atoms with Crippen LogP contribution < -0.4 is 0 Å². The third-order valence-electron chi connectivity index (χ3n) is 4.86. The molecule has 1 atom stereocenters. The Labute approximate surface area is 138 Å². The second kappa shape index (κ2) is 5.55. The largest absolute Gasteiger partial charge is 0.0622 e. The van der Waals surface area contributed by atoms with Gasteiger partial charge in [-0.2, -0.15) is 0 Å². The highest BCUT2D eigenvalue weighted by atomic mass is 14.3. The molecular weight excluding hydrogens is 276 g/mol. The fourth-order valence-electron chi connectivity index (χ4n) is 3.75. The summed E-state index contributed by atoms with van der Waals surface area (Å²) >= 11 is 0. The van der Waals surface area contributed by atoms with E-state index in [0.717, 1.165) is 0 Å². The van der Waals surface area contributed by atoms with Crippen LogP contribution in [-0.2, 0) is 0 Å². The Morgan fingerprint density at radius 2 is 1.35 bits per heavy atom. The van der Waals surface area contributed by atoms with Gasteiger partial charge in [-0.05, 0) is 47.2 Å². The summed E-state index contributed by atoms with van der Waals surface area (Å²) in [6.45, 7) is 4.47. The Hall–Kier alpha value is -2.60. The summed E-state index contributed by atoms with van der Waals surface area (Å²) in [6, 6.07) is 26.1. The number of rotatable bonds is 2. The molecule has 1 unspecified atom stereocenters. The Morgan fingerprint density at radius 3 is 2.13 bits per heavy atom. The maximum Gasteiger partial charge on any atom is 0.0308 e. The first kappa shape index (κ1) is 14.0. The van der Waals surface area contributed by atoms with Crippen molar-refractivity contribution in [2.45, 2.75) is 19.8 Å². The van der Waals surface area contributed by atoms with Crippen molar-refractivity contribution in [2.75, 3.05) is 0 Å². The second-order valence-corrected chi connectivity index (χ2v) is 6.35. The van der Waals surface area contributed by atoms with Gasteiger partial charge in [0.2, 0.25) is 0 Å². The molecule has 0 spiro atoms. The monoisotopic (exact) mass is 296 g/mol. The second-order valence-electron chi connectivity index (χ2n) is 6.35. The summed E-state index contributed by atoms with van der Waals surface area (Å²) < 4.78 is 0. The molecule has 0 fully saturated rings. The van der Waals surface area contributed by atoms with Crippen LogP contribution >= 0.6 is 0 Å². The van der Waals surface area contributed by atoms with E-state index >= 15 is 0 Å². The predicted octanol–water partition coefficient (Wildman–Crippen LogP) is 6.21. The van der Waals surface area contributed by atoms with Gasteiger partial charge in [0.25, 0.3) is 0 Å². The first-order chi connectivity index (χ1) is 11.3. The summed E-state index contributed by atoms with van der Waals surface area (Å²) in [5.41, 5.74) is 9.64. The number of allylic oxidation sites excluding steroid dienone is 1. The standard InChI is InChI=1S/C23H20/c1-16-9-6-7-12-19(16)23-17(2)15-22-20(13-8-14-21(22)23)18-10-4-3-5-11-18/h3-15,23H,1-2H3. The van der Waals surface area contributed by atoms with Crippen molar-refractivity contribution < 1.29 is 0 Å². The van der Waals surface area contributed by atoms with Gasteiger partial charge in [-0.15, -0.1) is 0 Å². The summed E-state index contributed by atoms with van der Waals surface area (Å²) in [5, 5.41) is 0. The number of hydrogen-bond donors (Lipinski definition) is 0. The molecule has 0 heteroatoms. The third kappa shape index (κ3) is 2.31.